The van der Waals surface area contributed by atoms with Gasteiger partial charge in [-0.2, -0.15) is 4.39 Å². The molecular formula is C13H14FNO4. The number of nitrogens with zero attached hydrogens (tertiary/aromatic N) is 1. The topological polar surface area (TPSA) is 69.4 Å². The first-order valence-corrected chi connectivity index (χ1v) is 6.13. The van der Waals surface area contributed by atoms with E-state index >= 15 is 0 Å². The molecule has 0 aromatic heterocycles. The van der Waals surface area contributed by atoms with Crippen LogP contribution in [0.3, 0.4) is 0 Å². The molecule has 1 saturated carbocycles. The highest BCUT2D eigenvalue weighted by molar-refractivity contribution is 5.84. The maximum atomic E-state index is 13.6. The minimum Gasteiger partial charge on any atom is -0.465 e. The fourth-order valence-electron chi connectivity index (χ4n) is 2.36. The summed E-state index contributed by atoms with van der Waals surface area (Å²) in [5, 5.41) is 10.6. The Bertz CT molecular complexity index is 525. The molecule has 19 heavy (non-hydrogen) atoms. The maximum absolute atomic E-state index is 13.6. The van der Waals surface area contributed by atoms with Crippen molar-refractivity contribution in [3.05, 3.63) is 39.7 Å². The van der Waals surface area contributed by atoms with E-state index < -0.39 is 21.8 Å². The molecule has 2 rings (SSSR count). The Hall–Kier alpha value is -1.98. The highest BCUT2D eigenvalue weighted by Gasteiger charge is 2.47. The van der Waals surface area contributed by atoms with Crippen molar-refractivity contribution in [1.29, 1.82) is 0 Å². The van der Waals surface area contributed by atoms with E-state index in [2.05, 4.69) is 0 Å². The maximum Gasteiger partial charge on any atom is 0.316 e. The standard InChI is InChI=1S/C13H14FNO4/c1-2-19-12(16)13(6-3-7-13)9-4-5-11(15(17)18)10(14)8-9/h4-5,8H,2-3,6-7H2,1H3. The second kappa shape index (κ2) is 4.95. The first-order chi connectivity index (χ1) is 9.01. The van der Waals surface area contributed by atoms with Gasteiger partial charge in [0.15, 0.2) is 0 Å². The molecule has 0 N–H and O–H groups in total. The number of carbonyl (C=O) groups is 1. The number of nitro groups is 1. The Morgan fingerprint density at radius 3 is 2.63 bits per heavy atom. The number of halogens is 1. The predicted octanol–water partition coefficient (Wildman–Crippen LogP) is 2.72. The van der Waals surface area contributed by atoms with Gasteiger partial charge in [-0.3, -0.25) is 14.9 Å². The third kappa shape index (κ3) is 2.18. The smallest absolute Gasteiger partial charge is 0.316 e. The van der Waals surface area contributed by atoms with E-state index in [-0.39, 0.29) is 12.6 Å². The minimum atomic E-state index is -0.918. The van der Waals surface area contributed by atoms with Crippen molar-refractivity contribution in [2.24, 2.45) is 0 Å². The number of ether oxygens (including phenoxy) is 1. The van der Waals surface area contributed by atoms with Crippen molar-refractivity contribution < 1.29 is 18.8 Å². The van der Waals surface area contributed by atoms with Gasteiger partial charge in [-0.25, -0.2) is 0 Å². The summed E-state index contributed by atoms with van der Waals surface area (Å²) in [6, 6.07) is 3.62. The highest BCUT2D eigenvalue weighted by Crippen LogP contribution is 2.45. The molecule has 0 heterocycles. The summed E-state index contributed by atoms with van der Waals surface area (Å²) in [5.74, 6) is -1.30. The number of hydrogen-bond acceptors (Lipinski definition) is 4. The van der Waals surface area contributed by atoms with Crippen LogP contribution in [-0.2, 0) is 14.9 Å². The summed E-state index contributed by atoms with van der Waals surface area (Å²) in [6.07, 6.45) is 2.03. The molecule has 0 bridgehead atoms. The lowest BCUT2D eigenvalue weighted by Gasteiger charge is -2.39. The summed E-state index contributed by atoms with van der Waals surface area (Å²) in [4.78, 5) is 21.8. The molecule has 0 saturated heterocycles. The van der Waals surface area contributed by atoms with Crippen molar-refractivity contribution in [3.8, 4) is 0 Å². The summed E-state index contributed by atoms with van der Waals surface area (Å²) in [6.45, 7) is 1.97. The molecule has 5 nitrogen and oxygen atoms in total. The van der Waals surface area contributed by atoms with Crippen molar-refractivity contribution in [2.45, 2.75) is 31.6 Å². The molecule has 0 aliphatic heterocycles. The van der Waals surface area contributed by atoms with Crippen LogP contribution in [0.2, 0.25) is 0 Å². The highest BCUT2D eigenvalue weighted by atomic mass is 19.1. The Morgan fingerprint density at radius 2 is 2.21 bits per heavy atom. The molecule has 0 unspecified atom stereocenters. The third-order valence-electron chi connectivity index (χ3n) is 3.57. The number of carbonyl (C=O) groups excluding carboxylic acids is 1. The van der Waals surface area contributed by atoms with E-state index in [4.69, 9.17) is 4.74 Å². The lowest BCUT2D eigenvalue weighted by Crippen LogP contribution is -2.43. The average molecular weight is 267 g/mol. The normalized spacial score (nSPS) is 16.5. The molecule has 1 aliphatic carbocycles. The molecule has 102 valence electrons. The Labute approximate surface area is 109 Å². The van der Waals surface area contributed by atoms with Crippen molar-refractivity contribution >= 4 is 11.7 Å². The van der Waals surface area contributed by atoms with Crippen LogP contribution in [0.5, 0.6) is 0 Å². The Balaban J connectivity index is 2.37. The van der Waals surface area contributed by atoms with Crippen LogP contribution in [-0.4, -0.2) is 17.5 Å². The van der Waals surface area contributed by atoms with Gasteiger partial charge in [0, 0.05) is 6.07 Å². The van der Waals surface area contributed by atoms with Gasteiger partial charge >= 0.3 is 11.7 Å². The zero-order chi connectivity index (χ0) is 14.0. The fraction of sp³-hybridized carbons (Fsp3) is 0.462. The molecule has 1 aliphatic rings. The second-order valence-corrected chi connectivity index (χ2v) is 4.58. The molecular weight excluding hydrogens is 253 g/mol. The Kier molecular flexibility index (Phi) is 3.50. The molecule has 1 aromatic rings. The molecule has 0 spiro atoms. The van der Waals surface area contributed by atoms with Crippen LogP contribution in [0.15, 0.2) is 18.2 Å². The zero-order valence-corrected chi connectivity index (χ0v) is 10.5. The van der Waals surface area contributed by atoms with Crippen LogP contribution >= 0.6 is 0 Å². The molecule has 0 atom stereocenters. The molecule has 1 fully saturated rings. The van der Waals surface area contributed by atoms with E-state index in [0.29, 0.717) is 18.4 Å². The van der Waals surface area contributed by atoms with Gasteiger partial charge in [0.1, 0.15) is 0 Å². The summed E-state index contributed by atoms with van der Waals surface area (Å²) < 4.78 is 18.7. The SMILES string of the molecule is CCOC(=O)C1(c2ccc([N+](=O)[O-])c(F)c2)CCC1. The lowest BCUT2D eigenvalue weighted by molar-refractivity contribution is -0.387. The molecule has 0 radical (unpaired) electrons. The van der Waals surface area contributed by atoms with E-state index in [1.54, 1.807) is 6.92 Å². The van der Waals surface area contributed by atoms with E-state index in [9.17, 15) is 19.3 Å². The number of esters is 1. The first kappa shape index (κ1) is 13.5. The van der Waals surface area contributed by atoms with Crippen molar-refractivity contribution in [1.82, 2.24) is 0 Å². The van der Waals surface area contributed by atoms with E-state index in [0.717, 1.165) is 18.6 Å². The largest absolute Gasteiger partial charge is 0.465 e. The van der Waals surface area contributed by atoms with Crippen LogP contribution in [0.1, 0.15) is 31.7 Å². The first-order valence-electron chi connectivity index (χ1n) is 6.13. The molecule has 1 aromatic carbocycles. The Morgan fingerprint density at radius 1 is 1.53 bits per heavy atom. The van der Waals surface area contributed by atoms with Crippen LogP contribution in [0.4, 0.5) is 10.1 Å². The van der Waals surface area contributed by atoms with Gasteiger partial charge in [0.2, 0.25) is 5.82 Å². The zero-order valence-electron chi connectivity index (χ0n) is 10.5. The predicted molar refractivity (Wildman–Crippen MR) is 65.2 cm³/mol. The average Bonchev–Trinajstić information content (AvgIpc) is 2.27. The summed E-state index contributed by atoms with van der Waals surface area (Å²) in [5.41, 5.74) is -0.950. The molecule has 0 amide bonds. The van der Waals surface area contributed by atoms with Crippen molar-refractivity contribution in [2.75, 3.05) is 6.61 Å². The summed E-state index contributed by atoms with van der Waals surface area (Å²) >= 11 is 0. The van der Waals surface area contributed by atoms with Crippen LogP contribution in [0.25, 0.3) is 0 Å². The van der Waals surface area contributed by atoms with E-state index in [1.807, 2.05) is 0 Å². The van der Waals surface area contributed by atoms with Gasteiger partial charge in [0.05, 0.1) is 16.9 Å². The van der Waals surface area contributed by atoms with Crippen LogP contribution < -0.4 is 0 Å². The third-order valence-corrected chi connectivity index (χ3v) is 3.57. The number of nitro benzene ring substituents is 1. The van der Waals surface area contributed by atoms with Gasteiger partial charge in [-0.15, -0.1) is 0 Å². The second-order valence-electron chi connectivity index (χ2n) is 4.58. The van der Waals surface area contributed by atoms with Crippen LogP contribution in [0, 0.1) is 15.9 Å². The molecule has 6 heteroatoms. The number of hydrogen-bond donors (Lipinski definition) is 0. The monoisotopic (exact) mass is 267 g/mol. The number of benzene rings is 1. The van der Waals surface area contributed by atoms with Gasteiger partial charge in [-0.1, -0.05) is 12.5 Å². The fourth-order valence-corrected chi connectivity index (χ4v) is 2.36. The minimum absolute atomic E-state index is 0.260. The lowest BCUT2D eigenvalue weighted by atomic mass is 9.64. The number of rotatable bonds is 4. The van der Waals surface area contributed by atoms with Gasteiger partial charge in [-0.05, 0) is 31.4 Å². The van der Waals surface area contributed by atoms with Crippen molar-refractivity contribution in [3.63, 3.8) is 0 Å². The van der Waals surface area contributed by atoms with E-state index in [1.165, 1.54) is 6.07 Å². The quantitative estimate of drug-likeness (QED) is 0.478. The summed E-state index contributed by atoms with van der Waals surface area (Å²) in [7, 11) is 0. The van der Waals surface area contributed by atoms with Gasteiger partial charge < -0.3 is 4.74 Å². The van der Waals surface area contributed by atoms with Gasteiger partial charge in [0.25, 0.3) is 0 Å².